The Bertz CT molecular complexity index is 540. The molecule has 108 valence electrons. The predicted molar refractivity (Wildman–Crippen MR) is 79.3 cm³/mol. The first-order valence-electron chi connectivity index (χ1n) is 5.95. The van der Waals surface area contributed by atoms with Crippen molar-refractivity contribution in [3.8, 4) is 0 Å². The maximum atomic E-state index is 11.7. The van der Waals surface area contributed by atoms with Crippen molar-refractivity contribution in [1.82, 2.24) is 0 Å². The van der Waals surface area contributed by atoms with Crippen LogP contribution in [0.25, 0.3) is 0 Å². The molecular formula is C14H16BrNO4. The van der Waals surface area contributed by atoms with Crippen LogP contribution in [0.2, 0.25) is 0 Å². The molecule has 1 aromatic carbocycles. The third kappa shape index (κ3) is 4.38. The summed E-state index contributed by atoms with van der Waals surface area (Å²) in [5.74, 6) is -1.27. The minimum atomic E-state index is -0.639. The number of halogens is 1. The minimum Gasteiger partial charge on any atom is -0.466 e. The van der Waals surface area contributed by atoms with Crippen LogP contribution in [0.4, 0.5) is 5.69 Å². The average molecular weight is 342 g/mol. The van der Waals surface area contributed by atoms with E-state index in [2.05, 4.69) is 30.7 Å². The van der Waals surface area contributed by atoms with E-state index in [9.17, 15) is 9.59 Å². The normalized spacial score (nSPS) is 10.9. The Morgan fingerprint density at radius 1 is 1.30 bits per heavy atom. The number of benzene rings is 1. The highest BCUT2D eigenvalue weighted by atomic mass is 79.9. The zero-order valence-corrected chi connectivity index (χ0v) is 13.1. The molecule has 0 radical (unpaired) electrons. The van der Waals surface area contributed by atoms with Crippen molar-refractivity contribution in [3.63, 3.8) is 0 Å². The molecule has 0 fully saturated rings. The maximum absolute atomic E-state index is 11.7. The molecule has 20 heavy (non-hydrogen) atoms. The third-order valence-corrected chi connectivity index (χ3v) is 3.08. The van der Waals surface area contributed by atoms with E-state index in [-0.39, 0.29) is 5.70 Å². The van der Waals surface area contributed by atoms with Crippen LogP contribution in [0.15, 0.2) is 34.4 Å². The number of carbonyl (C=O) groups excluding carboxylic acids is 2. The molecule has 0 atom stereocenters. The number of methoxy groups -OCH3 is 2. The summed E-state index contributed by atoms with van der Waals surface area (Å²) in [5, 5.41) is 2.91. The first-order chi connectivity index (χ1) is 9.51. The second-order valence-electron chi connectivity index (χ2n) is 3.85. The lowest BCUT2D eigenvalue weighted by Crippen LogP contribution is -2.16. The van der Waals surface area contributed by atoms with E-state index in [1.165, 1.54) is 14.2 Å². The number of hydrogen-bond donors (Lipinski definition) is 1. The first kappa shape index (κ1) is 16.2. The molecule has 0 unspecified atom stereocenters. The molecule has 0 amide bonds. The van der Waals surface area contributed by atoms with Gasteiger partial charge in [0.15, 0.2) is 0 Å². The Kier molecular flexibility index (Phi) is 6.24. The van der Waals surface area contributed by atoms with Crippen LogP contribution >= 0.6 is 15.9 Å². The van der Waals surface area contributed by atoms with E-state index in [0.717, 1.165) is 28.2 Å². The molecule has 0 bridgehead atoms. The van der Waals surface area contributed by atoms with Crippen molar-refractivity contribution in [2.24, 2.45) is 0 Å². The highest BCUT2D eigenvalue weighted by molar-refractivity contribution is 9.10. The van der Waals surface area contributed by atoms with Crippen molar-refractivity contribution in [2.75, 3.05) is 19.5 Å². The summed E-state index contributed by atoms with van der Waals surface area (Å²) < 4.78 is 10.1. The van der Waals surface area contributed by atoms with Gasteiger partial charge in [0.25, 0.3) is 0 Å². The Hall–Kier alpha value is -1.82. The van der Waals surface area contributed by atoms with Crippen molar-refractivity contribution in [1.29, 1.82) is 0 Å². The monoisotopic (exact) mass is 341 g/mol. The summed E-state index contributed by atoms with van der Waals surface area (Å²) in [5.41, 5.74) is 1.76. The Labute approximate surface area is 126 Å². The smallest absolute Gasteiger partial charge is 0.354 e. The van der Waals surface area contributed by atoms with Crippen LogP contribution in [0.3, 0.4) is 0 Å². The zero-order chi connectivity index (χ0) is 15.1. The lowest BCUT2D eigenvalue weighted by Gasteiger charge is -2.13. The fraction of sp³-hybridized carbons (Fsp3) is 0.286. The van der Waals surface area contributed by atoms with Gasteiger partial charge in [0.2, 0.25) is 0 Å². The molecule has 0 saturated heterocycles. The minimum absolute atomic E-state index is 0.0244. The van der Waals surface area contributed by atoms with Crippen molar-refractivity contribution < 1.29 is 19.1 Å². The van der Waals surface area contributed by atoms with Gasteiger partial charge in [-0.3, -0.25) is 0 Å². The maximum Gasteiger partial charge on any atom is 0.354 e. The summed E-state index contributed by atoms with van der Waals surface area (Å²) in [7, 11) is 2.49. The number of hydrogen-bond acceptors (Lipinski definition) is 5. The van der Waals surface area contributed by atoms with Gasteiger partial charge in [-0.1, -0.05) is 22.9 Å². The van der Waals surface area contributed by atoms with Gasteiger partial charge in [0, 0.05) is 10.2 Å². The summed E-state index contributed by atoms with van der Waals surface area (Å²) in [6.45, 7) is 1.99. The molecule has 0 aliphatic rings. The van der Waals surface area contributed by atoms with Gasteiger partial charge in [-0.15, -0.1) is 0 Å². The molecular weight excluding hydrogens is 326 g/mol. The van der Waals surface area contributed by atoms with Gasteiger partial charge in [-0.05, 0) is 30.2 Å². The first-order valence-corrected chi connectivity index (χ1v) is 6.74. The van der Waals surface area contributed by atoms with E-state index >= 15 is 0 Å². The molecule has 1 aromatic rings. The molecule has 1 rings (SSSR count). The second kappa shape index (κ2) is 7.69. The Morgan fingerprint density at radius 2 is 2.00 bits per heavy atom. The Balaban J connectivity index is 3.10. The van der Waals surface area contributed by atoms with Gasteiger partial charge in [0.05, 0.1) is 20.3 Å². The number of rotatable bonds is 5. The summed E-state index contributed by atoms with van der Waals surface area (Å²) in [6, 6.07) is 5.60. The Morgan fingerprint density at radius 3 is 2.55 bits per heavy atom. The summed E-state index contributed by atoms with van der Waals surface area (Å²) in [6.07, 6.45) is 1.84. The van der Waals surface area contributed by atoms with Gasteiger partial charge in [-0.2, -0.15) is 0 Å². The van der Waals surface area contributed by atoms with Crippen molar-refractivity contribution in [3.05, 3.63) is 40.0 Å². The van der Waals surface area contributed by atoms with E-state index < -0.39 is 11.9 Å². The highest BCUT2D eigenvalue weighted by Crippen LogP contribution is 2.23. The van der Waals surface area contributed by atoms with Crippen LogP contribution in [0.1, 0.15) is 12.5 Å². The quantitative estimate of drug-likeness (QED) is 0.658. The lowest BCUT2D eigenvalue weighted by molar-refractivity contribution is -0.138. The average Bonchev–Trinajstić information content (AvgIpc) is 2.46. The fourth-order valence-electron chi connectivity index (χ4n) is 1.55. The fourth-order valence-corrected chi connectivity index (χ4v) is 1.96. The molecule has 0 spiro atoms. The van der Waals surface area contributed by atoms with Crippen LogP contribution < -0.4 is 5.32 Å². The van der Waals surface area contributed by atoms with Crippen LogP contribution in [-0.2, 0) is 25.5 Å². The molecule has 5 nitrogen and oxygen atoms in total. The van der Waals surface area contributed by atoms with Crippen LogP contribution in [-0.4, -0.2) is 26.2 Å². The molecule has 0 heterocycles. The number of aryl methyl sites for hydroxylation is 1. The topological polar surface area (TPSA) is 64.6 Å². The highest BCUT2D eigenvalue weighted by Gasteiger charge is 2.14. The number of nitrogens with one attached hydrogen (secondary N) is 1. The van der Waals surface area contributed by atoms with Gasteiger partial charge < -0.3 is 14.8 Å². The molecule has 0 aliphatic carbocycles. The summed E-state index contributed by atoms with van der Waals surface area (Å²) in [4.78, 5) is 23.0. The second-order valence-corrected chi connectivity index (χ2v) is 4.77. The van der Waals surface area contributed by atoms with Crippen LogP contribution in [0.5, 0.6) is 0 Å². The van der Waals surface area contributed by atoms with Crippen molar-refractivity contribution in [2.45, 2.75) is 13.3 Å². The molecule has 1 N–H and O–H groups in total. The molecule has 6 heteroatoms. The number of ether oxygens (including phenoxy) is 2. The standard InChI is InChI=1S/C14H16BrNO4/c1-4-9-7-10(15)5-6-11(9)16-12(14(18)20-3)8-13(17)19-2/h5-8,16H,4H2,1-3H3/b12-8+. The van der Waals surface area contributed by atoms with Crippen LogP contribution in [0, 0.1) is 0 Å². The van der Waals surface area contributed by atoms with E-state index in [0.29, 0.717) is 0 Å². The lowest BCUT2D eigenvalue weighted by atomic mass is 10.1. The molecule has 0 aromatic heterocycles. The molecule has 0 aliphatic heterocycles. The number of carbonyl (C=O) groups is 2. The number of esters is 2. The third-order valence-electron chi connectivity index (χ3n) is 2.59. The molecule has 0 saturated carbocycles. The van der Waals surface area contributed by atoms with Gasteiger partial charge in [-0.25, -0.2) is 9.59 Å². The summed E-state index contributed by atoms with van der Waals surface area (Å²) >= 11 is 3.39. The van der Waals surface area contributed by atoms with Crippen molar-refractivity contribution >= 4 is 33.6 Å². The predicted octanol–water partition coefficient (Wildman–Crippen LogP) is 2.65. The van der Waals surface area contributed by atoms with E-state index in [4.69, 9.17) is 0 Å². The number of anilines is 1. The zero-order valence-electron chi connectivity index (χ0n) is 11.5. The van der Waals surface area contributed by atoms with Gasteiger partial charge >= 0.3 is 11.9 Å². The SMILES string of the molecule is CCc1cc(Br)ccc1N/C(=C/C(=O)OC)C(=O)OC. The van der Waals surface area contributed by atoms with E-state index in [1.807, 2.05) is 25.1 Å². The van der Waals surface area contributed by atoms with E-state index in [1.54, 1.807) is 0 Å². The largest absolute Gasteiger partial charge is 0.466 e. The van der Waals surface area contributed by atoms with Gasteiger partial charge in [0.1, 0.15) is 5.70 Å².